The highest BCUT2D eigenvalue weighted by atomic mass is 16.5. The van der Waals surface area contributed by atoms with Gasteiger partial charge in [-0.25, -0.2) is 0 Å². The van der Waals surface area contributed by atoms with Crippen LogP contribution in [0.3, 0.4) is 0 Å². The molecular formula is C6H13NO. The zero-order chi connectivity index (χ0) is 5.82. The predicted octanol–water partition coefficient (Wildman–Crippen LogP) is 0.514. The molecule has 1 aliphatic rings. The summed E-state index contributed by atoms with van der Waals surface area (Å²) in [4.78, 5) is 0. The number of rotatable bonds is 0. The Labute approximate surface area is 50.0 Å². The largest absolute Gasteiger partial charge is 0.380 e. The first-order valence-corrected chi connectivity index (χ1v) is 3.23. The zero-order valence-electron chi connectivity index (χ0n) is 5.10. The minimum absolute atomic E-state index is 0.303. The van der Waals surface area contributed by atoms with Crippen molar-refractivity contribution in [3.63, 3.8) is 0 Å². The Hall–Kier alpha value is -0.0800. The van der Waals surface area contributed by atoms with Crippen LogP contribution in [-0.2, 0) is 4.74 Å². The lowest BCUT2D eigenvalue weighted by Gasteiger charge is -2.03. The van der Waals surface area contributed by atoms with Crippen LogP contribution in [0.1, 0.15) is 19.3 Å². The Morgan fingerprint density at radius 1 is 1.38 bits per heavy atom. The lowest BCUT2D eigenvalue weighted by atomic mass is 10.2. The third-order valence-corrected chi connectivity index (χ3v) is 1.45. The van der Waals surface area contributed by atoms with Gasteiger partial charge in [0.15, 0.2) is 0 Å². The van der Waals surface area contributed by atoms with E-state index in [4.69, 9.17) is 10.5 Å². The highest BCUT2D eigenvalue weighted by Gasteiger charge is 2.05. The summed E-state index contributed by atoms with van der Waals surface area (Å²) in [5.74, 6) is 0. The minimum Gasteiger partial charge on any atom is -0.380 e. The molecule has 48 valence electrons. The zero-order valence-corrected chi connectivity index (χ0v) is 5.10. The van der Waals surface area contributed by atoms with E-state index in [1.165, 1.54) is 12.8 Å². The normalized spacial score (nSPS) is 31.9. The van der Waals surface area contributed by atoms with Gasteiger partial charge in [-0.3, -0.25) is 0 Å². The van der Waals surface area contributed by atoms with E-state index in [0.29, 0.717) is 6.04 Å². The fraction of sp³-hybridized carbons (Fsp3) is 1.00. The van der Waals surface area contributed by atoms with E-state index in [2.05, 4.69) is 0 Å². The third-order valence-electron chi connectivity index (χ3n) is 1.45. The van der Waals surface area contributed by atoms with Crippen molar-refractivity contribution in [3.05, 3.63) is 0 Å². The first-order valence-electron chi connectivity index (χ1n) is 3.23. The van der Waals surface area contributed by atoms with Crippen LogP contribution >= 0.6 is 0 Å². The van der Waals surface area contributed by atoms with Gasteiger partial charge in [-0.05, 0) is 19.3 Å². The van der Waals surface area contributed by atoms with Crippen LogP contribution in [0.2, 0.25) is 0 Å². The van der Waals surface area contributed by atoms with E-state index in [1.807, 2.05) is 0 Å². The molecule has 1 aliphatic heterocycles. The number of ether oxygens (including phenoxy) is 1. The Morgan fingerprint density at radius 3 is 3.12 bits per heavy atom. The third kappa shape index (κ3) is 1.80. The van der Waals surface area contributed by atoms with Crippen molar-refractivity contribution >= 4 is 0 Å². The summed E-state index contributed by atoms with van der Waals surface area (Å²) in [6.45, 7) is 1.67. The van der Waals surface area contributed by atoms with Gasteiger partial charge in [0.1, 0.15) is 0 Å². The molecule has 1 saturated heterocycles. The van der Waals surface area contributed by atoms with Gasteiger partial charge in [-0.2, -0.15) is 0 Å². The van der Waals surface area contributed by atoms with Gasteiger partial charge in [0.05, 0.1) is 6.61 Å². The van der Waals surface area contributed by atoms with Gasteiger partial charge >= 0.3 is 0 Å². The fourth-order valence-electron chi connectivity index (χ4n) is 0.929. The first-order chi connectivity index (χ1) is 3.89. The fourth-order valence-corrected chi connectivity index (χ4v) is 0.929. The molecule has 8 heavy (non-hydrogen) atoms. The number of nitrogens with two attached hydrogens (primary N) is 1. The number of hydrogen-bond acceptors (Lipinski definition) is 2. The Kier molecular flexibility index (Phi) is 2.30. The Morgan fingerprint density at radius 2 is 2.25 bits per heavy atom. The maximum absolute atomic E-state index is 5.61. The molecule has 0 aromatic heterocycles. The van der Waals surface area contributed by atoms with Gasteiger partial charge in [-0.15, -0.1) is 0 Å². The molecule has 2 N–H and O–H groups in total. The quantitative estimate of drug-likeness (QED) is 0.499. The average Bonchev–Trinajstić information content (AvgIpc) is 1.94. The molecular weight excluding hydrogens is 102 g/mol. The second kappa shape index (κ2) is 3.05. The second-order valence-corrected chi connectivity index (χ2v) is 2.33. The molecule has 0 aromatic rings. The predicted molar refractivity (Wildman–Crippen MR) is 32.6 cm³/mol. The standard InChI is InChI=1S/C6H13NO/c7-6-3-1-2-4-8-5-6/h6H,1-5,7H2/t6-/m0/s1. The summed E-state index contributed by atoms with van der Waals surface area (Å²) >= 11 is 0. The summed E-state index contributed by atoms with van der Waals surface area (Å²) in [6.07, 6.45) is 3.56. The lowest BCUT2D eigenvalue weighted by molar-refractivity contribution is 0.135. The van der Waals surface area contributed by atoms with Crippen molar-refractivity contribution in [1.82, 2.24) is 0 Å². The molecule has 0 aliphatic carbocycles. The molecule has 0 bridgehead atoms. The maximum Gasteiger partial charge on any atom is 0.0617 e. The highest BCUT2D eigenvalue weighted by molar-refractivity contribution is 4.62. The van der Waals surface area contributed by atoms with Crippen molar-refractivity contribution in [1.29, 1.82) is 0 Å². The summed E-state index contributed by atoms with van der Waals surface area (Å²) in [5, 5.41) is 0. The highest BCUT2D eigenvalue weighted by Crippen LogP contribution is 2.04. The summed E-state index contributed by atoms with van der Waals surface area (Å²) < 4.78 is 5.18. The lowest BCUT2D eigenvalue weighted by Crippen LogP contribution is -2.23. The molecule has 1 atom stereocenters. The van der Waals surface area contributed by atoms with Crippen molar-refractivity contribution < 1.29 is 4.74 Å². The SMILES string of the molecule is N[C@H]1CCCCOC1. The molecule has 1 heterocycles. The number of hydrogen-bond donors (Lipinski definition) is 1. The maximum atomic E-state index is 5.61. The molecule has 0 spiro atoms. The molecule has 0 aromatic carbocycles. The van der Waals surface area contributed by atoms with Crippen LogP contribution in [0.15, 0.2) is 0 Å². The molecule has 0 unspecified atom stereocenters. The molecule has 0 amide bonds. The van der Waals surface area contributed by atoms with E-state index >= 15 is 0 Å². The summed E-state index contributed by atoms with van der Waals surface area (Å²) in [7, 11) is 0. The van der Waals surface area contributed by atoms with Gasteiger partial charge in [-0.1, -0.05) is 0 Å². The summed E-state index contributed by atoms with van der Waals surface area (Å²) in [6, 6.07) is 0.303. The van der Waals surface area contributed by atoms with E-state index < -0.39 is 0 Å². The summed E-state index contributed by atoms with van der Waals surface area (Å²) in [5.41, 5.74) is 5.61. The van der Waals surface area contributed by atoms with E-state index in [-0.39, 0.29) is 0 Å². The molecule has 0 radical (unpaired) electrons. The van der Waals surface area contributed by atoms with Gasteiger partial charge < -0.3 is 10.5 Å². The van der Waals surface area contributed by atoms with Crippen molar-refractivity contribution in [3.8, 4) is 0 Å². The van der Waals surface area contributed by atoms with E-state index in [0.717, 1.165) is 19.6 Å². The minimum atomic E-state index is 0.303. The second-order valence-electron chi connectivity index (χ2n) is 2.33. The van der Waals surface area contributed by atoms with Crippen LogP contribution in [-0.4, -0.2) is 19.3 Å². The van der Waals surface area contributed by atoms with Crippen LogP contribution in [0, 0.1) is 0 Å². The molecule has 0 saturated carbocycles. The molecule has 1 rings (SSSR count). The van der Waals surface area contributed by atoms with Gasteiger partial charge in [0, 0.05) is 12.6 Å². The first kappa shape index (κ1) is 6.05. The van der Waals surface area contributed by atoms with E-state index in [1.54, 1.807) is 0 Å². The Balaban J connectivity index is 2.17. The Bertz CT molecular complexity index is 57.5. The van der Waals surface area contributed by atoms with Gasteiger partial charge in [0.2, 0.25) is 0 Å². The van der Waals surface area contributed by atoms with Crippen molar-refractivity contribution in [2.24, 2.45) is 5.73 Å². The monoisotopic (exact) mass is 115 g/mol. The topological polar surface area (TPSA) is 35.2 Å². The molecule has 1 fully saturated rings. The molecule has 2 heteroatoms. The van der Waals surface area contributed by atoms with Crippen molar-refractivity contribution in [2.75, 3.05) is 13.2 Å². The van der Waals surface area contributed by atoms with Crippen molar-refractivity contribution in [2.45, 2.75) is 25.3 Å². The molecule has 2 nitrogen and oxygen atoms in total. The van der Waals surface area contributed by atoms with Crippen LogP contribution in [0.25, 0.3) is 0 Å². The van der Waals surface area contributed by atoms with Crippen LogP contribution in [0.5, 0.6) is 0 Å². The van der Waals surface area contributed by atoms with Gasteiger partial charge in [0.25, 0.3) is 0 Å². The van der Waals surface area contributed by atoms with Crippen LogP contribution in [0.4, 0.5) is 0 Å². The van der Waals surface area contributed by atoms with E-state index in [9.17, 15) is 0 Å². The van der Waals surface area contributed by atoms with Crippen LogP contribution < -0.4 is 5.73 Å². The smallest absolute Gasteiger partial charge is 0.0617 e. The average molecular weight is 115 g/mol.